The normalized spacial score (nSPS) is 20.8. The number of aromatic nitrogens is 3. The zero-order valence-corrected chi connectivity index (χ0v) is 11.1. The fourth-order valence-electron chi connectivity index (χ4n) is 2.83. The van der Waals surface area contributed by atoms with Crippen molar-refractivity contribution in [3.63, 3.8) is 0 Å². The van der Waals surface area contributed by atoms with E-state index in [9.17, 15) is 4.79 Å². The van der Waals surface area contributed by atoms with Gasteiger partial charge in [-0.25, -0.2) is 0 Å². The smallest absolute Gasteiger partial charge is 0.160 e. The van der Waals surface area contributed by atoms with Crippen molar-refractivity contribution in [1.82, 2.24) is 19.5 Å². The Balaban J connectivity index is 1.97. The van der Waals surface area contributed by atoms with E-state index in [2.05, 4.69) is 22.0 Å². The second-order valence-electron chi connectivity index (χ2n) is 5.10. The first-order valence-corrected chi connectivity index (χ1v) is 6.84. The third kappa shape index (κ3) is 2.26. The van der Waals surface area contributed by atoms with E-state index in [1.165, 1.54) is 13.0 Å². The van der Waals surface area contributed by atoms with E-state index >= 15 is 0 Å². The lowest BCUT2D eigenvalue weighted by atomic mass is 9.97. The molecule has 3 rings (SSSR count). The molecule has 1 aliphatic rings. The molecule has 1 atom stereocenters. The Hall–Kier alpha value is -1.75. The molecule has 0 N–H and O–H groups in total. The first-order valence-electron chi connectivity index (χ1n) is 6.84. The van der Waals surface area contributed by atoms with Crippen LogP contribution in [0.1, 0.15) is 41.9 Å². The van der Waals surface area contributed by atoms with Crippen molar-refractivity contribution >= 4 is 11.9 Å². The van der Waals surface area contributed by atoms with Gasteiger partial charge in [-0.05, 0) is 38.1 Å². The zero-order chi connectivity index (χ0) is 13.2. The fraction of sp³-hybridized carbons (Fsp3) is 0.500. The monoisotopic (exact) mass is 258 g/mol. The van der Waals surface area contributed by atoms with E-state index in [1.54, 1.807) is 6.07 Å². The standard InChI is InChI=1S/C14H18N4O/c1-2-17-7-3-4-12(9-17)14-16-15-13-6-5-11(10-19)8-18(13)14/h5-6,8,10,12H,2-4,7,9H2,1H3. The van der Waals surface area contributed by atoms with Gasteiger partial charge in [0.15, 0.2) is 11.9 Å². The van der Waals surface area contributed by atoms with Crippen LogP contribution in [0.5, 0.6) is 0 Å². The van der Waals surface area contributed by atoms with Crippen LogP contribution >= 0.6 is 0 Å². The molecule has 0 saturated carbocycles. The van der Waals surface area contributed by atoms with Gasteiger partial charge in [-0.3, -0.25) is 9.20 Å². The average Bonchev–Trinajstić information content (AvgIpc) is 2.90. The van der Waals surface area contributed by atoms with E-state index in [0.29, 0.717) is 11.5 Å². The van der Waals surface area contributed by atoms with Crippen LogP contribution in [-0.4, -0.2) is 45.4 Å². The predicted octanol–water partition coefficient (Wildman–Crippen LogP) is 1.74. The molecule has 0 aromatic carbocycles. The molecule has 1 aliphatic heterocycles. The van der Waals surface area contributed by atoms with Crippen molar-refractivity contribution in [2.75, 3.05) is 19.6 Å². The topological polar surface area (TPSA) is 50.5 Å². The average molecular weight is 258 g/mol. The molecule has 5 nitrogen and oxygen atoms in total. The summed E-state index contributed by atoms with van der Waals surface area (Å²) in [5.41, 5.74) is 1.48. The Morgan fingerprint density at radius 3 is 3.11 bits per heavy atom. The Kier molecular flexibility index (Phi) is 3.29. The SMILES string of the molecule is CCN1CCCC(c2nnc3ccc(C=O)cn23)C1. The molecule has 3 heterocycles. The highest BCUT2D eigenvalue weighted by Gasteiger charge is 2.24. The lowest BCUT2D eigenvalue weighted by Crippen LogP contribution is -2.34. The minimum atomic E-state index is 0.408. The number of carbonyl (C=O) groups excluding carboxylic acids is 1. The van der Waals surface area contributed by atoms with Crippen molar-refractivity contribution in [2.24, 2.45) is 0 Å². The van der Waals surface area contributed by atoms with Gasteiger partial charge < -0.3 is 4.90 Å². The van der Waals surface area contributed by atoms with Gasteiger partial charge >= 0.3 is 0 Å². The molecule has 2 aromatic rings. The Bertz CT molecular complexity index is 592. The van der Waals surface area contributed by atoms with Gasteiger partial charge in [-0.15, -0.1) is 10.2 Å². The van der Waals surface area contributed by atoms with Gasteiger partial charge in [0.2, 0.25) is 0 Å². The molecular formula is C14H18N4O. The molecule has 0 aliphatic carbocycles. The second kappa shape index (κ2) is 5.09. The number of hydrogen-bond donors (Lipinski definition) is 0. The maximum Gasteiger partial charge on any atom is 0.160 e. The van der Waals surface area contributed by atoms with E-state index in [1.807, 2.05) is 16.7 Å². The van der Waals surface area contributed by atoms with Gasteiger partial charge in [-0.1, -0.05) is 6.92 Å². The lowest BCUT2D eigenvalue weighted by Gasteiger charge is -2.30. The van der Waals surface area contributed by atoms with Crippen molar-refractivity contribution < 1.29 is 4.79 Å². The van der Waals surface area contributed by atoms with Gasteiger partial charge in [0.05, 0.1) is 0 Å². The highest BCUT2D eigenvalue weighted by molar-refractivity contribution is 5.74. The summed E-state index contributed by atoms with van der Waals surface area (Å²) in [7, 11) is 0. The van der Waals surface area contributed by atoms with E-state index in [-0.39, 0.29) is 0 Å². The highest BCUT2D eigenvalue weighted by atomic mass is 16.1. The molecule has 0 spiro atoms. The van der Waals surface area contributed by atoms with Gasteiger partial charge in [0, 0.05) is 24.2 Å². The summed E-state index contributed by atoms with van der Waals surface area (Å²) in [5.74, 6) is 1.39. The summed E-state index contributed by atoms with van der Waals surface area (Å²) in [6.07, 6.45) is 5.04. The summed E-state index contributed by atoms with van der Waals surface area (Å²) >= 11 is 0. The minimum Gasteiger partial charge on any atom is -0.303 e. The van der Waals surface area contributed by atoms with Gasteiger partial charge in [0.25, 0.3) is 0 Å². The number of aldehydes is 1. The predicted molar refractivity (Wildman–Crippen MR) is 72.5 cm³/mol. The zero-order valence-electron chi connectivity index (χ0n) is 11.1. The summed E-state index contributed by atoms with van der Waals surface area (Å²) in [5, 5.41) is 8.53. The van der Waals surface area contributed by atoms with Crippen LogP contribution in [0.4, 0.5) is 0 Å². The van der Waals surface area contributed by atoms with Crippen LogP contribution in [-0.2, 0) is 0 Å². The number of piperidine rings is 1. The first kappa shape index (κ1) is 12.3. The molecule has 1 saturated heterocycles. The highest BCUT2D eigenvalue weighted by Crippen LogP contribution is 2.25. The Morgan fingerprint density at radius 1 is 1.42 bits per heavy atom. The maximum atomic E-state index is 10.9. The lowest BCUT2D eigenvalue weighted by molar-refractivity contribution is 0.112. The molecule has 2 aromatic heterocycles. The van der Waals surface area contributed by atoms with Crippen molar-refractivity contribution in [1.29, 1.82) is 0 Å². The van der Waals surface area contributed by atoms with Gasteiger partial charge in [0.1, 0.15) is 5.82 Å². The van der Waals surface area contributed by atoms with E-state index < -0.39 is 0 Å². The van der Waals surface area contributed by atoms with Gasteiger partial charge in [-0.2, -0.15) is 0 Å². The van der Waals surface area contributed by atoms with E-state index in [4.69, 9.17) is 0 Å². The van der Waals surface area contributed by atoms with Crippen molar-refractivity contribution in [3.05, 3.63) is 29.7 Å². The molecule has 0 radical (unpaired) electrons. The molecule has 1 fully saturated rings. The molecular weight excluding hydrogens is 240 g/mol. The van der Waals surface area contributed by atoms with E-state index in [0.717, 1.165) is 37.3 Å². The number of rotatable bonds is 3. The third-order valence-corrected chi connectivity index (χ3v) is 3.91. The van der Waals surface area contributed by atoms with Crippen LogP contribution in [0, 0.1) is 0 Å². The minimum absolute atomic E-state index is 0.408. The molecule has 5 heteroatoms. The number of likely N-dealkylation sites (tertiary alicyclic amines) is 1. The summed E-state index contributed by atoms with van der Waals surface area (Å²) in [4.78, 5) is 13.3. The number of carbonyl (C=O) groups is 1. The molecule has 19 heavy (non-hydrogen) atoms. The molecule has 0 bridgehead atoms. The number of hydrogen-bond acceptors (Lipinski definition) is 4. The largest absolute Gasteiger partial charge is 0.303 e. The third-order valence-electron chi connectivity index (χ3n) is 3.91. The number of fused-ring (bicyclic) bond motifs is 1. The van der Waals surface area contributed by atoms with Crippen LogP contribution in [0.25, 0.3) is 5.65 Å². The second-order valence-corrected chi connectivity index (χ2v) is 5.10. The van der Waals surface area contributed by atoms with Crippen LogP contribution < -0.4 is 0 Å². The summed E-state index contributed by atoms with van der Waals surface area (Å²) in [6.45, 7) is 5.47. The number of nitrogens with zero attached hydrogens (tertiary/aromatic N) is 4. The summed E-state index contributed by atoms with van der Waals surface area (Å²) in [6, 6.07) is 3.63. The number of pyridine rings is 1. The van der Waals surface area contributed by atoms with Crippen LogP contribution in [0.2, 0.25) is 0 Å². The maximum absolute atomic E-state index is 10.9. The molecule has 1 unspecified atom stereocenters. The van der Waals surface area contributed by atoms with Crippen LogP contribution in [0.15, 0.2) is 18.3 Å². The van der Waals surface area contributed by atoms with Crippen molar-refractivity contribution in [3.8, 4) is 0 Å². The van der Waals surface area contributed by atoms with Crippen LogP contribution in [0.3, 0.4) is 0 Å². The summed E-state index contributed by atoms with van der Waals surface area (Å²) < 4.78 is 1.97. The first-order chi connectivity index (χ1) is 9.31. The van der Waals surface area contributed by atoms with Crippen molar-refractivity contribution in [2.45, 2.75) is 25.7 Å². The quantitative estimate of drug-likeness (QED) is 0.787. The Morgan fingerprint density at radius 2 is 2.32 bits per heavy atom. The molecule has 100 valence electrons. The number of likely N-dealkylation sites (N-methyl/N-ethyl adjacent to an activating group) is 1. The molecule has 0 amide bonds. The Labute approximate surface area is 112 Å². The fourth-order valence-corrected chi connectivity index (χ4v) is 2.83.